The van der Waals surface area contributed by atoms with Crippen molar-refractivity contribution in [3.63, 3.8) is 0 Å². The number of rotatable bonds is 16. The minimum absolute atomic E-state index is 0.159. The molecular weight excluding hydrogens is 464 g/mol. The number of carbonyl (C=O) groups is 2. The first-order valence-electron chi connectivity index (χ1n) is 11.8. The highest BCUT2D eigenvalue weighted by atomic mass is 16.6. The number of carbonyl (C=O) groups excluding carboxylic acids is 2. The van der Waals surface area contributed by atoms with Gasteiger partial charge in [0.15, 0.2) is 0 Å². The SMILES string of the molecule is C=CC(=O)OCCOCCOc1cccc2cc3c(cc12)CC=CC3OCCOCCOC(=O)C=C. The molecule has 1 aliphatic rings. The van der Waals surface area contributed by atoms with E-state index in [9.17, 15) is 9.59 Å². The first-order chi connectivity index (χ1) is 17.6. The van der Waals surface area contributed by atoms with E-state index in [1.165, 1.54) is 5.56 Å². The second kappa shape index (κ2) is 14.8. The predicted molar refractivity (Wildman–Crippen MR) is 135 cm³/mol. The van der Waals surface area contributed by atoms with Crippen LogP contribution in [0.4, 0.5) is 0 Å². The minimum Gasteiger partial charge on any atom is -0.491 e. The molecule has 0 heterocycles. The van der Waals surface area contributed by atoms with Crippen LogP contribution in [0.2, 0.25) is 0 Å². The summed E-state index contributed by atoms with van der Waals surface area (Å²) < 4.78 is 32.7. The van der Waals surface area contributed by atoms with Gasteiger partial charge in [-0.15, -0.1) is 0 Å². The third-order valence-corrected chi connectivity index (χ3v) is 5.34. The number of hydrogen-bond acceptors (Lipinski definition) is 8. The summed E-state index contributed by atoms with van der Waals surface area (Å²) in [7, 11) is 0. The van der Waals surface area contributed by atoms with Gasteiger partial charge >= 0.3 is 11.9 Å². The summed E-state index contributed by atoms with van der Waals surface area (Å²) in [5, 5.41) is 2.09. The fourth-order valence-corrected chi connectivity index (χ4v) is 3.66. The maximum absolute atomic E-state index is 11.0. The van der Waals surface area contributed by atoms with Gasteiger partial charge in [0.1, 0.15) is 31.7 Å². The lowest BCUT2D eigenvalue weighted by molar-refractivity contribution is -0.140. The average Bonchev–Trinajstić information content (AvgIpc) is 2.90. The summed E-state index contributed by atoms with van der Waals surface area (Å²) in [6, 6.07) is 10.2. The number of esters is 2. The molecule has 8 heteroatoms. The van der Waals surface area contributed by atoms with Crippen LogP contribution in [0.5, 0.6) is 5.75 Å². The summed E-state index contributed by atoms with van der Waals surface area (Å²) in [5.41, 5.74) is 2.31. The molecule has 0 N–H and O–H groups in total. The lowest BCUT2D eigenvalue weighted by Crippen LogP contribution is -2.14. The zero-order valence-corrected chi connectivity index (χ0v) is 20.3. The van der Waals surface area contributed by atoms with Crippen LogP contribution in [0.15, 0.2) is 67.8 Å². The molecule has 0 radical (unpaired) electrons. The van der Waals surface area contributed by atoms with E-state index in [0.29, 0.717) is 39.6 Å². The molecule has 0 spiro atoms. The van der Waals surface area contributed by atoms with E-state index in [2.05, 4.69) is 43.5 Å². The van der Waals surface area contributed by atoms with E-state index >= 15 is 0 Å². The Morgan fingerprint density at radius 1 is 0.861 bits per heavy atom. The Morgan fingerprint density at radius 3 is 2.22 bits per heavy atom. The van der Waals surface area contributed by atoms with Gasteiger partial charge < -0.3 is 28.4 Å². The van der Waals surface area contributed by atoms with Crippen molar-refractivity contribution in [2.45, 2.75) is 12.5 Å². The highest BCUT2D eigenvalue weighted by molar-refractivity contribution is 5.90. The molecule has 3 rings (SSSR count). The van der Waals surface area contributed by atoms with Crippen molar-refractivity contribution in [3.8, 4) is 5.75 Å². The van der Waals surface area contributed by atoms with Gasteiger partial charge in [0.2, 0.25) is 0 Å². The van der Waals surface area contributed by atoms with Crippen molar-refractivity contribution in [2.24, 2.45) is 0 Å². The maximum Gasteiger partial charge on any atom is 0.330 e. The Kier molecular flexibility index (Phi) is 11.2. The summed E-state index contributed by atoms with van der Waals surface area (Å²) >= 11 is 0. The predicted octanol–water partition coefficient (Wildman–Crippen LogP) is 3.88. The van der Waals surface area contributed by atoms with Crippen molar-refractivity contribution >= 4 is 22.7 Å². The highest BCUT2D eigenvalue weighted by Gasteiger charge is 2.18. The van der Waals surface area contributed by atoms with Crippen LogP contribution in [0, 0.1) is 0 Å². The third-order valence-electron chi connectivity index (χ3n) is 5.34. The number of fused-ring (bicyclic) bond motifs is 2. The normalized spacial score (nSPS) is 14.2. The average molecular weight is 497 g/mol. The molecule has 2 aromatic rings. The van der Waals surface area contributed by atoms with E-state index in [-0.39, 0.29) is 19.3 Å². The van der Waals surface area contributed by atoms with E-state index in [1.54, 1.807) is 0 Å². The molecule has 0 saturated heterocycles. The lowest BCUT2D eigenvalue weighted by Gasteiger charge is -2.23. The molecule has 1 aliphatic carbocycles. The van der Waals surface area contributed by atoms with Crippen molar-refractivity contribution in [1.29, 1.82) is 0 Å². The van der Waals surface area contributed by atoms with Crippen LogP contribution in [-0.2, 0) is 39.7 Å². The topological polar surface area (TPSA) is 89.5 Å². The van der Waals surface area contributed by atoms with E-state index in [0.717, 1.165) is 40.7 Å². The molecule has 0 amide bonds. The Hall–Kier alpha value is -3.46. The molecule has 0 fully saturated rings. The van der Waals surface area contributed by atoms with Gasteiger partial charge in [-0.1, -0.05) is 37.4 Å². The van der Waals surface area contributed by atoms with Crippen LogP contribution in [-0.4, -0.2) is 64.8 Å². The van der Waals surface area contributed by atoms with Gasteiger partial charge in [-0.3, -0.25) is 0 Å². The van der Waals surface area contributed by atoms with Crippen molar-refractivity contribution in [3.05, 3.63) is 78.9 Å². The molecular formula is C28H32O8. The minimum atomic E-state index is -0.464. The zero-order valence-electron chi connectivity index (χ0n) is 20.3. The van der Waals surface area contributed by atoms with Crippen LogP contribution >= 0.6 is 0 Å². The molecule has 192 valence electrons. The van der Waals surface area contributed by atoms with Crippen molar-refractivity contribution in [2.75, 3.05) is 52.9 Å². The van der Waals surface area contributed by atoms with Crippen LogP contribution in [0.25, 0.3) is 10.8 Å². The number of hydrogen-bond donors (Lipinski definition) is 0. The van der Waals surface area contributed by atoms with Crippen molar-refractivity contribution in [1.82, 2.24) is 0 Å². The van der Waals surface area contributed by atoms with Gasteiger partial charge in [-0.05, 0) is 41.1 Å². The molecule has 2 aromatic carbocycles. The fraction of sp³-hybridized carbons (Fsp3) is 0.357. The Balaban J connectivity index is 1.49. The largest absolute Gasteiger partial charge is 0.491 e. The second-order valence-corrected chi connectivity index (χ2v) is 7.77. The van der Waals surface area contributed by atoms with Crippen LogP contribution in [0.3, 0.4) is 0 Å². The van der Waals surface area contributed by atoms with Gasteiger partial charge in [-0.25, -0.2) is 9.59 Å². The standard InChI is InChI=1S/C28H32O8/c1-3-27(29)35-17-13-31-11-15-33-25-9-5-7-21-20-24-22(19-23(21)25)8-6-10-26(24)34-16-12-32-14-18-36-28(30)4-2/h3-7,9-10,19-20,26H,1-2,8,11-18H2. The van der Waals surface area contributed by atoms with Gasteiger partial charge in [0.25, 0.3) is 0 Å². The first-order valence-corrected chi connectivity index (χ1v) is 11.8. The number of allylic oxidation sites excluding steroid dienone is 1. The van der Waals surface area contributed by atoms with Gasteiger partial charge in [0, 0.05) is 17.5 Å². The first kappa shape index (κ1) is 27.1. The molecule has 1 unspecified atom stereocenters. The third kappa shape index (κ3) is 8.34. The summed E-state index contributed by atoms with van der Waals surface area (Å²) in [6.07, 6.45) is 7.06. The maximum atomic E-state index is 11.0. The summed E-state index contributed by atoms with van der Waals surface area (Å²) in [5.74, 6) is -0.139. The molecule has 8 nitrogen and oxygen atoms in total. The highest BCUT2D eigenvalue weighted by Crippen LogP contribution is 2.35. The molecule has 0 saturated carbocycles. The Bertz CT molecular complexity index is 1070. The van der Waals surface area contributed by atoms with E-state index in [4.69, 9.17) is 28.4 Å². The molecule has 36 heavy (non-hydrogen) atoms. The number of benzene rings is 2. The monoisotopic (exact) mass is 496 g/mol. The quantitative estimate of drug-likeness (QED) is 0.150. The Labute approximate surface area is 211 Å². The molecule has 1 atom stereocenters. The van der Waals surface area contributed by atoms with Gasteiger partial charge in [-0.2, -0.15) is 0 Å². The van der Waals surface area contributed by atoms with Crippen LogP contribution < -0.4 is 4.74 Å². The lowest BCUT2D eigenvalue weighted by atomic mass is 9.91. The molecule has 0 aliphatic heterocycles. The summed E-state index contributed by atoms with van der Waals surface area (Å²) in [4.78, 5) is 22.0. The van der Waals surface area contributed by atoms with E-state index in [1.807, 2.05) is 12.1 Å². The Morgan fingerprint density at radius 2 is 1.53 bits per heavy atom. The van der Waals surface area contributed by atoms with Crippen LogP contribution in [0.1, 0.15) is 17.2 Å². The van der Waals surface area contributed by atoms with Gasteiger partial charge in [0.05, 0.1) is 33.0 Å². The second-order valence-electron chi connectivity index (χ2n) is 7.77. The van der Waals surface area contributed by atoms with Crippen molar-refractivity contribution < 1.29 is 38.0 Å². The number of ether oxygens (including phenoxy) is 6. The smallest absolute Gasteiger partial charge is 0.330 e. The fourth-order valence-electron chi connectivity index (χ4n) is 3.66. The zero-order chi connectivity index (χ0) is 25.6. The molecule has 0 bridgehead atoms. The van der Waals surface area contributed by atoms with E-state index < -0.39 is 11.9 Å². The molecule has 0 aromatic heterocycles. The summed E-state index contributed by atoms with van der Waals surface area (Å²) in [6.45, 7) is 9.23.